The van der Waals surface area contributed by atoms with Crippen molar-refractivity contribution in [3.05, 3.63) is 59.7 Å². The Hall–Kier alpha value is -1.45. The summed E-state index contributed by atoms with van der Waals surface area (Å²) in [6, 6.07) is 17.4. The second-order valence-corrected chi connectivity index (χ2v) is 6.79. The highest BCUT2D eigenvalue weighted by atomic mass is 32.2. The van der Waals surface area contributed by atoms with Gasteiger partial charge in [0, 0.05) is 16.2 Å². The minimum Gasteiger partial charge on any atom is -0.492 e. The maximum atomic E-state index is 6.01. The molecule has 2 unspecified atom stereocenters. The average Bonchev–Trinajstić information content (AvgIpc) is 2.95. The van der Waals surface area contributed by atoms with E-state index in [0.29, 0.717) is 11.3 Å². The Morgan fingerprint density at radius 1 is 1.24 bits per heavy atom. The molecule has 1 aliphatic heterocycles. The van der Waals surface area contributed by atoms with Crippen LogP contribution in [0.25, 0.3) is 0 Å². The first-order valence-electron chi connectivity index (χ1n) is 7.41. The molecule has 0 amide bonds. The van der Waals surface area contributed by atoms with Crippen molar-refractivity contribution >= 4 is 11.8 Å². The largest absolute Gasteiger partial charge is 0.492 e. The molecule has 0 radical (unpaired) electrons. The van der Waals surface area contributed by atoms with Gasteiger partial charge < -0.3 is 10.1 Å². The number of ether oxygens (including phenoxy) is 1. The van der Waals surface area contributed by atoms with E-state index in [0.717, 1.165) is 18.8 Å². The molecule has 0 aromatic heterocycles. The topological polar surface area (TPSA) is 21.3 Å². The van der Waals surface area contributed by atoms with E-state index in [1.54, 1.807) is 0 Å². The molecule has 2 nitrogen and oxygen atoms in total. The van der Waals surface area contributed by atoms with Crippen LogP contribution in [0.1, 0.15) is 24.1 Å². The van der Waals surface area contributed by atoms with Crippen molar-refractivity contribution in [2.75, 3.05) is 13.7 Å². The molecule has 2 atom stereocenters. The number of nitrogens with one attached hydrogen (secondary N) is 1. The lowest BCUT2D eigenvalue weighted by molar-refractivity contribution is 0.317. The molecule has 1 aliphatic rings. The minimum atomic E-state index is 0.346. The van der Waals surface area contributed by atoms with Crippen LogP contribution in [0.3, 0.4) is 0 Å². The Morgan fingerprint density at radius 3 is 2.90 bits per heavy atom. The van der Waals surface area contributed by atoms with E-state index in [1.165, 1.54) is 16.0 Å². The SMILES string of the molecule is CNC(C)c1cccc(OCC2Cc3ccccc3S2)c1. The molecule has 0 bridgehead atoms. The van der Waals surface area contributed by atoms with Gasteiger partial charge in [0.1, 0.15) is 12.4 Å². The quantitative estimate of drug-likeness (QED) is 0.899. The molecule has 1 N–H and O–H groups in total. The van der Waals surface area contributed by atoms with E-state index in [9.17, 15) is 0 Å². The third-order valence-electron chi connectivity index (χ3n) is 3.94. The minimum absolute atomic E-state index is 0.346. The van der Waals surface area contributed by atoms with Gasteiger partial charge in [-0.1, -0.05) is 30.3 Å². The molecule has 1 heterocycles. The summed E-state index contributed by atoms with van der Waals surface area (Å²) in [5, 5.41) is 3.78. The third-order valence-corrected chi connectivity index (χ3v) is 5.23. The van der Waals surface area contributed by atoms with Crippen LogP contribution in [-0.2, 0) is 6.42 Å². The highest BCUT2D eigenvalue weighted by molar-refractivity contribution is 8.00. The third kappa shape index (κ3) is 3.42. The fourth-order valence-electron chi connectivity index (χ4n) is 2.58. The first-order chi connectivity index (χ1) is 10.3. The monoisotopic (exact) mass is 299 g/mol. The van der Waals surface area contributed by atoms with Crippen LogP contribution >= 0.6 is 11.8 Å². The van der Waals surface area contributed by atoms with E-state index in [2.05, 4.69) is 54.7 Å². The summed E-state index contributed by atoms with van der Waals surface area (Å²) < 4.78 is 6.01. The standard InChI is InChI=1S/C18H21NOS/c1-13(19-2)14-7-5-8-16(10-14)20-12-17-11-15-6-3-4-9-18(15)21-17/h3-10,13,17,19H,11-12H2,1-2H3. The highest BCUT2D eigenvalue weighted by Crippen LogP contribution is 2.36. The normalized spacial score (nSPS) is 18.3. The lowest BCUT2D eigenvalue weighted by atomic mass is 10.1. The van der Waals surface area contributed by atoms with Crippen LogP contribution in [0.5, 0.6) is 5.75 Å². The van der Waals surface area contributed by atoms with E-state index in [4.69, 9.17) is 4.74 Å². The molecular weight excluding hydrogens is 278 g/mol. The van der Waals surface area contributed by atoms with Crippen molar-refractivity contribution in [3.8, 4) is 5.75 Å². The van der Waals surface area contributed by atoms with Crippen LogP contribution in [-0.4, -0.2) is 18.9 Å². The highest BCUT2D eigenvalue weighted by Gasteiger charge is 2.22. The molecule has 110 valence electrons. The van der Waals surface area contributed by atoms with Crippen LogP contribution in [0.2, 0.25) is 0 Å². The van der Waals surface area contributed by atoms with E-state index < -0.39 is 0 Å². The number of fused-ring (bicyclic) bond motifs is 1. The van der Waals surface area contributed by atoms with Crippen LogP contribution < -0.4 is 10.1 Å². The zero-order valence-corrected chi connectivity index (χ0v) is 13.3. The number of rotatable bonds is 5. The van der Waals surface area contributed by atoms with E-state index in [1.807, 2.05) is 24.9 Å². The Balaban J connectivity index is 1.59. The maximum absolute atomic E-state index is 6.01. The van der Waals surface area contributed by atoms with Crippen LogP contribution in [0.4, 0.5) is 0 Å². The number of benzene rings is 2. The summed E-state index contributed by atoms with van der Waals surface area (Å²) in [5.74, 6) is 0.964. The lowest BCUT2D eigenvalue weighted by Crippen LogP contribution is -2.14. The fraction of sp³-hybridized carbons (Fsp3) is 0.333. The van der Waals surface area contributed by atoms with Crippen molar-refractivity contribution in [1.82, 2.24) is 5.32 Å². The Morgan fingerprint density at radius 2 is 2.10 bits per heavy atom. The van der Waals surface area contributed by atoms with Gasteiger partial charge in [0.15, 0.2) is 0 Å². The maximum Gasteiger partial charge on any atom is 0.119 e. The van der Waals surface area contributed by atoms with Crippen LogP contribution in [0.15, 0.2) is 53.4 Å². The molecule has 0 saturated carbocycles. The summed E-state index contributed by atoms with van der Waals surface area (Å²) in [6.07, 6.45) is 1.10. The molecule has 0 aliphatic carbocycles. The fourth-order valence-corrected chi connectivity index (χ4v) is 3.79. The Bertz CT molecular complexity index is 589. The van der Waals surface area contributed by atoms with Gasteiger partial charge in [0.25, 0.3) is 0 Å². The Kier molecular flexibility index (Phi) is 4.51. The Labute approximate surface area is 130 Å². The average molecular weight is 299 g/mol. The molecule has 3 rings (SSSR count). The molecule has 0 fully saturated rings. The van der Waals surface area contributed by atoms with Gasteiger partial charge in [-0.3, -0.25) is 0 Å². The summed E-state index contributed by atoms with van der Waals surface area (Å²) >= 11 is 1.93. The second-order valence-electron chi connectivity index (χ2n) is 5.45. The van der Waals surface area contributed by atoms with Gasteiger partial charge in [-0.2, -0.15) is 0 Å². The zero-order chi connectivity index (χ0) is 14.7. The summed E-state index contributed by atoms with van der Waals surface area (Å²) in [7, 11) is 1.98. The zero-order valence-electron chi connectivity index (χ0n) is 12.5. The molecule has 2 aromatic carbocycles. The summed E-state index contributed by atoms with van der Waals surface area (Å²) in [6.45, 7) is 2.92. The first kappa shape index (κ1) is 14.5. The number of thioether (sulfide) groups is 1. The molecule has 21 heavy (non-hydrogen) atoms. The molecule has 0 spiro atoms. The number of hydrogen-bond donors (Lipinski definition) is 1. The molecular formula is C18H21NOS. The van der Waals surface area contributed by atoms with Crippen molar-refractivity contribution in [2.24, 2.45) is 0 Å². The summed E-state index contributed by atoms with van der Waals surface area (Å²) in [5.41, 5.74) is 2.71. The first-order valence-corrected chi connectivity index (χ1v) is 8.29. The van der Waals surface area contributed by atoms with Crippen LogP contribution in [0, 0.1) is 0 Å². The van der Waals surface area contributed by atoms with Crippen molar-refractivity contribution in [1.29, 1.82) is 0 Å². The van der Waals surface area contributed by atoms with Gasteiger partial charge in [-0.05, 0) is 49.7 Å². The van der Waals surface area contributed by atoms with Gasteiger partial charge in [0.05, 0.1) is 0 Å². The van der Waals surface area contributed by atoms with Gasteiger partial charge in [-0.15, -0.1) is 11.8 Å². The number of hydrogen-bond acceptors (Lipinski definition) is 3. The smallest absolute Gasteiger partial charge is 0.119 e. The predicted molar refractivity (Wildman–Crippen MR) is 89.2 cm³/mol. The van der Waals surface area contributed by atoms with E-state index >= 15 is 0 Å². The lowest BCUT2D eigenvalue weighted by Gasteiger charge is -2.14. The molecule has 3 heteroatoms. The van der Waals surface area contributed by atoms with E-state index in [-0.39, 0.29) is 0 Å². The van der Waals surface area contributed by atoms with Gasteiger partial charge >= 0.3 is 0 Å². The molecule has 0 saturated heterocycles. The van der Waals surface area contributed by atoms with Crippen molar-refractivity contribution < 1.29 is 4.74 Å². The summed E-state index contributed by atoms with van der Waals surface area (Å²) in [4.78, 5) is 1.41. The van der Waals surface area contributed by atoms with Crippen molar-refractivity contribution in [2.45, 2.75) is 29.5 Å². The molecule has 2 aromatic rings. The van der Waals surface area contributed by atoms with Gasteiger partial charge in [0.2, 0.25) is 0 Å². The van der Waals surface area contributed by atoms with Gasteiger partial charge in [-0.25, -0.2) is 0 Å². The second kappa shape index (κ2) is 6.54. The van der Waals surface area contributed by atoms with Crippen molar-refractivity contribution in [3.63, 3.8) is 0 Å². The predicted octanol–water partition coefficient (Wildman–Crippen LogP) is 4.06.